The van der Waals surface area contributed by atoms with Crippen LogP contribution in [0, 0.1) is 13.8 Å². The Hall–Kier alpha value is -3.68. The van der Waals surface area contributed by atoms with E-state index in [0.29, 0.717) is 35.8 Å². The third-order valence-electron chi connectivity index (χ3n) is 5.63. The molecule has 30 heavy (non-hydrogen) atoms. The average Bonchev–Trinajstić information content (AvgIpc) is 3.42. The van der Waals surface area contributed by atoms with Gasteiger partial charge in [0, 0.05) is 18.7 Å². The van der Waals surface area contributed by atoms with Gasteiger partial charge in [0.15, 0.2) is 11.4 Å². The fourth-order valence-electron chi connectivity index (χ4n) is 3.82. The lowest BCUT2D eigenvalue weighted by molar-refractivity contribution is -0.117. The molecular formula is C22H20N4O4. The first-order valence-electron chi connectivity index (χ1n) is 9.78. The van der Waals surface area contributed by atoms with Crippen LogP contribution in [0.1, 0.15) is 35.2 Å². The SMILES string of the molecule is Cc1ccc(N2C[C@@H](c3nc(Cn4c(=O)oc5ccccc54)no3)CC2=O)cc1C. The average molecular weight is 404 g/mol. The number of oxazole rings is 1. The Morgan fingerprint density at radius 1 is 1.10 bits per heavy atom. The van der Waals surface area contributed by atoms with Gasteiger partial charge in [-0.25, -0.2) is 4.79 Å². The largest absolute Gasteiger partial charge is 0.420 e. The summed E-state index contributed by atoms with van der Waals surface area (Å²) in [6.45, 7) is 4.70. The van der Waals surface area contributed by atoms with Crippen LogP contribution in [0.5, 0.6) is 0 Å². The second-order valence-electron chi connectivity index (χ2n) is 7.64. The molecule has 1 saturated heterocycles. The van der Waals surface area contributed by atoms with Crippen molar-refractivity contribution in [2.24, 2.45) is 0 Å². The van der Waals surface area contributed by atoms with E-state index in [9.17, 15) is 9.59 Å². The molecule has 8 heteroatoms. The van der Waals surface area contributed by atoms with Gasteiger partial charge in [0.2, 0.25) is 11.8 Å². The number of carbonyl (C=O) groups excluding carboxylic acids is 1. The van der Waals surface area contributed by atoms with Gasteiger partial charge < -0.3 is 13.8 Å². The number of anilines is 1. The van der Waals surface area contributed by atoms with E-state index >= 15 is 0 Å². The highest BCUT2D eigenvalue weighted by atomic mass is 16.5. The molecule has 0 aliphatic carbocycles. The van der Waals surface area contributed by atoms with Crippen molar-refractivity contribution in [2.45, 2.75) is 32.7 Å². The first-order valence-corrected chi connectivity index (χ1v) is 9.78. The number of para-hydroxylation sites is 2. The maximum absolute atomic E-state index is 12.6. The van der Waals surface area contributed by atoms with Gasteiger partial charge in [0.05, 0.1) is 18.0 Å². The van der Waals surface area contributed by atoms with Gasteiger partial charge >= 0.3 is 5.76 Å². The summed E-state index contributed by atoms with van der Waals surface area (Å²) in [5, 5.41) is 4.01. The highest BCUT2D eigenvalue weighted by Gasteiger charge is 2.35. The maximum Gasteiger partial charge on any atom is 0.420 e. The molecule has 0 N–H and O–H groups in total. The zero-order chi connectivity index (χ0) is 20.8. The van der Waals surface area contributed by atoms with Gasteiger partial charge in [-0.1, -0.05) is 23.4 Å². The van der Waals surface area contributed by atoms with Crippen LogP contribution in [-0.2, 0) is 11.3 Å². The van der Waals surface area contributed by atoms with Crippen LogP contribution in [0.3, 0.4) is 0 Å². The molecule has 0 bridgehead atoms. The molecule has 0 spiro atoms. The zero-order valence-electron chi connectivity index (χ0n) is 16.7. The monoisotopic (exact) mass is 404 g/mol. The molecule has 1 aliphatic heterocycles. The minimum atomic E-state index is -0.473. The van der Waals surface area contributed by atoms with Crippen LogP contribution in [0.25, 0.3) is 11.1 Å². The van der Waals surface area contributed by atoms with Crippen molar-refractivity contribution in [3.05, 3.63) is 75.9 Å². The van der Waals surface area contributed by atoms with Crippen molar-refractivity contribution in [3.8, 4) is 0 Å². The molecule has 1 fully saturated rings. The number of benzene rings is 2. The molecule has 2 aromatic heterocycles. The van der Waals surface area contributed by atoms with Crippen LogP contribution in [0.4, 0.5) is 5.69 Å². The molecule has 152 valence electrons. The third kappa shape index (κ3) is 3.10. The van der Waals surface area contributed by atoms with Gasteiger partial charge in [-0.05, 0) is 49.2 Å². The maximum atomic E-state index is 12.6. The predicted molar refractivity (Wildman–Crippen MR) is 110 cm³/mol. The number of aryl methyl sites for hydroxylation is 2. The first-order chi connectivity index (χ1) is 14.5. The molecule has 0 saturated carbocycles. The number of carbonyl (C=O) groups is 1. The standard InChI is InChI=1S/C22H20N4O4/c1-13-7-8-16(9-14(13)2)25-11-15(10-20(25)27)21-23-19(24-30-21)12-26-17-5-3-4-6-18(17)29-22(26)28/h3-9,15H,10-12H2,1-2H3/t15-/m0/s1. The second kappa shape index (κ2) is 6.98. The molecule has 4 aromatic rings. The van der Waals surface area contributed by atoms with E-state index in [4.69, 9.17) is 8.94 Å². The molecule has 1 amide bonds. The summed E-state index contributed by atoms with van der Waals surface area (Å²) in [7, 11) is 0. The van der Waals surface area contributed by atoms with Crippen LogP contribution in [-0.4, -0.2) is 27.2 Å². The topological polar surface area (TPSA) is 94.4 Å². The molecule has 0 unspecified atom stereocenters. The van der Waals surface area contributed by atoms with Crippen molar-refractivity contribution in [3.63, 3.8) is 0 Å². The van der Waals surface area contributed by atoms with E-state index in [1.54, 1.807) is 23.1 Å². The van der Waals surface area contributed by atoms with E-state index in [1.807, 2.05) is 38.1 Å². The second-order valence-corrected chi connectivity index (χ2v) is 7.64. The zero-order valence-corrected chi connectivity index (χ0v) is 16.7. The number of hydrogen-bond donors (Lipinski definition) is 0. The van der Waals surface area contributed by atoms with E-state index in [0.717, 1.165) is 11.3 Å². The Bertz CT molecular complexity index is 1320. The smallest absolute Gasteiger partial charge is 0.408 e. The van der Waals surface area contributed by atoms with E-state index in [2.05, 4.69) is 10.1 Å². The molecule has 5 rings (SSSR count). The van der Waals surface area contributed by atoms with E-state index < -0.39 is 5.76 Å². The molecule has 8 nitrogen and oxygen atoms in total. The lowest BCUT2D eigenvalue weighted by Crippen LogP contribution is -2.24. The summed E-state index contributed by atoms with van der Waals surface area (Å²) in [6.07, 6.45) is 0.309. The summed E-state index contributed by atoms with van der Waals surface area (Å²) in [5.74, 6) is 0.152. The number of aromatic nitrogens is 3. The van der Waals surface area contributed by atoms with Gasteiger partial charge in [-0.3, -0.25) is 9.36 Å². The van der Waals surface area contributed by atoms with Crippen LogP contribution >= 0.6 is 0 Å². The van der Waals surface area contributed by atoms with E-state index in [1.165, 1.54) is 10.1 Å². The fourth-order valence-corrected chi connectivity index (χ4v) is 3.82. The van der Waals surface area contributed by atoms with Crippen molar-refractivity contribution >= 4 is 22.7 Å². The Morgan fingerprint density at radius 2 is 1.93 bits per heavy atom. The summed E-state index contributed by atoms with van der Waals surface area (Å²) < 4.78 is 12.1. The Labute approximate surface area is 171 Å². The lowest BCUT2D eigenvalue weighted by Gasteiger charge is -2.17. The molecule has 2 aromatic carbocycles. The summed E-state index contributed by atoms with van der Waals surface area (Å²) in [5.41, 5.74) is 4.39. The minimum Gasteiger partial charge on any atom is -0.408 e. The van der Waals surface area contributed by atoms with Crippen molar-refractivity contribution in [1.82, 2.24) is 14.7 Å². The Balaban J connectivity index is 1.37. The molecule has 0 radical (unpaired) electrons. The van der Waals surface area contributed by atoms with Crippen molar-refractivity contribution < 1.29 is 13.7 Å². The summed E-state index contributed by atoms with van der Waals surface area (Å²) in [6, 6.07) is 13.2. The summed E-state index contributed by atoms with van der Waals surface area (Å²) >= 11 is 0. The summed E-state index contributed by atoms with van der Waals surface area (Å²) in [4.78, 5) is 31.0. The Morgan fingerprint density at radius 3 is 2.77 bits per heavy atom. The van der Waals surface area contributed by atoms with Crippen LogP contribution in [0.2, 0.25) is 0 Å². The minimum absolute atomic E-state index is 0.0278. The number of fused-ring (bicyclic) bond motifs is 1. The quantitative estimate of drug-likeness (QED) is 0.519. The van der Waals surface area contributed by atoms with Gasteiger partial charge in [-0.2, -0.15) is 4.98 Å². The molecule has 1 aliphatic rings. The first kappa shape index (κ1) is 18.4. The van der Waals surface area contributed by atoms with Crippen LogP contribution < -0.4 is 10.7 Å². The molecule has 1 atom stereocenters. The fraction of sp³-hybridized carbons (Fsp3) is 0.273. The van der Waals surface area contributed by atoms with E-state index in [-0.39, 0.29) is 18.4 Å². The lowest BCUT2D eigenvalue weighted by atomic mass is 10.1. The number of amides is 1. The van der Waals surface area contributed by atoms with Crippen molar-refractivity contribution in [1.29, 1.82) is 0 Å². The molecular weight excluding hydrogens is 384 g/mol. The van der Waals surface area contributed by atoms with Gasteiger partial charge in [0.25, 0.3) is 0 Å². The van der Waals surface area contributed by atoms with Gasteiger partial charge in [0.1, 0.15) is 0 Å². The number of rotatable bonds is 4. The van der Waals surface area contributed by atoms with Gasteiger partial charge in [-0.15, -0.1) is 0 Å². The highest BCUT2D eigenvalue weighted by molar-refractivity contribution is 5.96. The molecule has 3 heterocycles. The number of hydrogen-bond acceptors (Lipinski definition) is 6. The number of nitrogens with zero attached hydrogens (tertiary/aromatic N) is 4. The van der Waals surface area contributed by atoms with Crippen LogP contribution in [0.15, 0.2) is 56.2 Å². The third-order valence-corrected chi connectivity index (χ3v) is 5.63. The predicted octanol–water partition coefficient (Wildman–Crippen LogP) is 3.16. The normalized spacial score (nSPS) is 16.7. The Kier molecular flexibility index (Phi) is 4.27. The van der Waals surface area contributed by atoms with Crippen molar-refractivity contribution in [2.75, 3.05) is 11.4 Å². The highest BCUT2D eigenvalue weighted by Crippen LogP contribution is 2.32.